The molecule has 0 saturated heterocycles. The van der Waals surface area contributed by atoms with E-state index in [0.29, 0.717) is 6.61 Å². The molecule has 0 radical (unpaired) electrons. The van der Waals surface area contributed by atoms with Crippen LogP contribution < -0.4 is 15.4 Å². The van der Waals surface area contributed by atoms with Gasteiger partial charge in [0.05, 0.1) is 6.61 Å². The molecule has 0 spiro atoms. The van der Waals surface area contributed by atoms with E-state index in [-0.39, 0.29) is 0 Å². The fourth-order valence-electron chi connectivity index (χ4n) is 2.42. The summed E-state index contributed by atoms with van der Waals surface area (Å²) < 4.78 is 5.73. The Bertz CT molecular complexity index is 596. The van der Waals surface area contributed by atoms with E-state index < -0.39 is 0 Å². The van der Waals surface area contributed by atoms with E-state index >= 15 is 0 Å². The molecule has 3 nitrogen and oxygen atoms in total. The minimum Gasteiger partial charge on any atom is -0.493 e. The van der Waals surface area contributed by atoms with E-state index in [1.165, 1.54) is 11.3 Å². The van der Waals surface area contributed by atoms with E-state index in [1.54, 1.807) is 0 Å². The molecule has 0 heterocycles. The van der Waals surface area contributed by atoms with Gasteiger partial charge in [0.15, 0.2) is 0 Å². The summed E-state index contributed by atoms with van der Waals surface area (Å²) in [4.78, 5) is 2.25. The molecule has 0 saturated carbocycles. The Morgan fingerprint density at radius 1 is 1.10 bits per heavy atom. The van der Waals surface area contributed by atoms with E-state index in [2.05, 4.69) is 56.0 Å². The van der Waals surface area contributed by atoms with Crippen molar-refractivity contribution in [1.82, 2.24) is 0 Å². The minimum atomic E-state index is 0.708. The Morgan fingerprint density at radius 3 is 2.52 bits per heavy atom. The van der Waals surface area contributed by atoms with E-state index in [9.17, 15) is 0 Å². The topological polar surface area (TPSA) is 38.5 Å². The van der Waals surface area contributed by atoms with Crippen molar-refractivity contribution >= 4 is 17.1 Å². The van der Waals surface area contributed by atoms with Crippen LogP contribution in [0.4, 0.5) is 17.1 Å². The van der Waals surface area contributed by atoms with Gasteiger partial charge in [0.2, 0.25) is 0 Å². The molecule has 0 fully saturated rings. The summed E-state index contributed by atoms with van der Waals surface area (Å²) in [5.41, 5.74) is 10.3. The summed E-state index contributed by atoms with van der Waals surface area (Å²) in [5, 5.41) is 0. The maximum Gasteiger partial charge on any atom is 0.123 e. The largest absolute Gasteiger partial charge is 0.493 e. The first-order valence-electron chi connectivity index (χ1n) is 7.52. The van der Waals surface area contributed by atoms with E-state index in [4.69, 9.17) is 10.5 Å². The lowest BCUT2D eigenvalue weighted by molar-refractivity contribution is 0.317. The highest BCUT2D eigenvalue weighted by Gasteiger charge is 2.11. The van der Waals surface area contributed by atoms with Gasteiger partial charge < -0.3 is 15.4 Å². The summed E-state index contributed by atoms with van der Waals surface area (Å²) >= 11 is 0. The summed E-state index contributed by atoms with van der Waals surface area (Å²) in [6.07, 6.45) is 0.986. The fourth-order valence-corrected chi connectivity index (χ4v) is 2.42. The number of hydrogen-bond acceptors (Lipinski definition) is 3. The van der Waals surface area contributed by atoms with Crippen LogP contribution in [-0.4, -0.2) is 13.2 Å². The molecule has 2 rings (SSSR count). The summed E-state index contributed by atoms with van der Waals surface area (Å²) in [6, 6.07) is 14.3. The molecular formula is C18H24N2O. The van der Waals surface area contributed by atoms with Gasteiger partial charge >= 0.3 is 0 Å². The van der Waals surface area contributed by atoms with Crippen molar-refractivity contribution < 1.29 is 4.74 Å². The monoisotopic (exact) mass is 284 g/mol. The summed E-state index contributed by atoms with van der Waals surface area (Å²) in [7, 11) is 0. The Morgan fingerprint density at radius 2 is 1.86 bits per heavy atom. The van der Waals surface area contributed by atoms with Crippen LogP contribution in [0.25, 0.3) is 0 Å². The molecule has 0 aliphatic carbocycles. The predicted molar refractivity (Wildman–Crippen MR) is 90.5 cm³/mol. The highest BCUT2D eigenvalue weighted by molar-refractivity contribution is 5.70. The van der Waals surface area contributed by atoms with Gasteiger partial charge in [0.1, 0.15) is 5.75 Å². The van der Waals surface area contributed by atoms with Crippen LogP contribution in [0.3, 0.4) is 0 Å². The normalized spacial score (nSPS) is 10.4. The highest BCUT2D eigenvalue weighted by atomic mass is 16.5. The Balaban J connectivity index is 2.38. The second kappa shape index (κ2) is 7.02. The third-order valence-electron chi connectivity index (χ3n) is 3.42. The number of para-hydroxylation sites is 1. The molecule has 3 heteroatoms. The number of hydrogen-bond donors (Lipinski definition) is 1. The third-order valence-corrected chi connectivity index (χ3v) is 3.42. The van der Waals surface area contributed by atoms with Crippen LogP contribution >= 0.6 is 0 Å². The Labute approximate surface area is 127 Å². The summed E-state index contributed by atoms with van der Waals surface area (Å²) in [5.74, 6) is 0.832. The van der Waals surface area contributed by atoms with Crippen LogP contribution in [0.1, 0.15) is 25.8 Å². The SMILES string of the molecule is CCCOc1cc(N)cc(N(CC)c2ccccc2C)c1. The smallest absolute Gasteiger partial charge is 0.123 e. The van der Waals surface area contributed by atoms with Crippen LogP contribution in [0.15, 0.2) is 42.5 Å². The first-order chi connectivity index (χ1) is 10.2. The molecule has 0 bridgehead atoms. The zero-order valence-electron chi connectivity index (χ0n) is 13.1. The van der Waals surface area contributed by atoms with Gasteiger partial charge in [-0.1, -0.05) is 25.1 Å². The van der Waals surface area contributed by atoms with Gasteiger partial charge in [-0.3, -0.25) is 0 Å². The number of aryl methyl sites for hydroxylation is 1. The predicted octanol–water partition coefficient (Wildman–Crippen LogP) is 4.52. The number of nitrogen functional groups attached to an aromatic ring is 1. The van der Waals surface area contributed by atoms with Crippen molar-refractivity contribution in [2.75, 3.05) is 23.8 Å². The zero-order valence-corrected chi connectivity index (χ0v) is 13.1. The number of ether oxygens (including phenoxy) is 1. The average molecular weight is 284 g/mol. The molecule has 0 unspecified atom stereocenters. The molecule has 112 valence electrons. The maximum absolute atomic E-state index is 6.03. The Kier molecular flexibility index (Phi) is 5.09. The minimum absolute atomic E-state index is 0.708. The maximum atomic E-state index is 6.03. The second-order valence-corrected chi connectivity index (χ2v) is 5.14. The zero-order chi connectivity index (χ0) is 15.2. The first kappa shape index (κ1) is 15.2. The molecule has 0 aromatic heterocycles. The number of nitrogens with two attached hydrogens (primary N) is 1. The fraction of sp³-hybridized carbons (Fsp3) is 0.333. The quantitative estimate of drug-likeness (QED) is 0.792. The average Bonchev–Trinajstić information content (AvgIpc) is 2.47. The van der Waals surface area contributed by atoms with Crippen LogP contribution in [0.5, 0.6) is 5.75 Å². The molecular weight excluding hydrogens is 260 g/mol. The number of anilines is 3. The lowest BCUT2D eigenvalue weighted by Gasteiger charge is -2.26. The molecule has 0 amide bonds. The Hall–Kier alpha value is -2.16. The van der Waals surface area contributed by atoms with Crippen molar-refractivity contribution in [3.8, 4) is 5.75 Å². The number of nitrogens with zero attached hydrogens (tertiary/aromatic N) is 1. The van der Waals surface area contributed by atoms with Crippen molar-refractivity contribution in [2.45, 2.75) is 27.2 Å². The molecule has 0 atom stereocenters. The molecule has 2 aromatic carbocycles. The van der Waals surface area contributed by atoms with Crippen molar-refractivity contribution in [1.29, 1.82) is 0 Å². The molecule has 21 heavy (non-hydrogen) atoms. The van der Waals surface area contributed by atoms with Gasteiger partial charge in [-0.05, 0) is 38.0 Å². The van der Waals surface area contributed by atoms with Crippen LogP contribution in [0, 0.1) is 6.92 Å². The van der Waals surface area contributed by atoms with Gasteiger partial charge in [-0.2, -0.15) is 0 Å². The molecule has 2 N–H and O–H groups in total. The number of rotatable bonds is 6. The van der Waals surface area contributed by atoms with Gasteiger partial charge in [-0.25, -0.2) is 0 Å². The van der Waals surface area contributed by atoms with Crippen molar-refractivity contribution in [2.24, 2.45) is 0 Å². The van der Waals surface area contributed by atoms with Gasteiger partial charge in [0, 0.05) is 35.7 Å². The lowest BCUT2D eigenvalue weighted by atomic mass is 10.1. The molecule has 0 aliphatic rings. The lowest BCUT2D eigenvalue weighted by Crippen LogP contribution is -2.17. The highest BCUT2D eigenvalue weighted by Crippen LogP contribution is 2.32. The van der Waals surface area contributed by atoms with Crippen LogP contribution in [-0.2, 0) is 0 Å². The van der Waals surface area contributed by atoms with Gasteiger partial charge in [-0.15, -0.1) is 0 Å². The molecule has 0 aliphatic heterocycles. The first-order valence-corrected chi connectivity index (χ1v) is 7.52. The van der Waals surface area contributed by atoms with E-state index in [1.807, 2.05) is 12.1 Å². The standard InChI is InChI=1S/C18H24N2O/c1-4-10-21-17-12-15(19)11-16(13-17)20(5-2)18-9-7-6-8-14(18)3/h6-9,11-13H,4-5,10,19H2,1-3H3. The third kappa shape index (κ3) is 3.69. The summed E-state index contributed by atoms with van der Waals surface area (Å²) in [6.45, 7) is 7.95. The van der Waals surface area contributed by atoms with Crippen molar-refractivity contribution in [3.63, 3.8) is 0 Å². The van der Waals surface area contributed by atoms with E-state index in [0.717, 1.165) is 30.1 Å². The van der Waals surface area contributed by atoms with Crippen molar-refractivity contribution in [3.05, 3.63) is 48.0 Å². The number of benzene rings is 2. The second-order valence-electron chi connectivity index (χ2n) is 5.14. The van der Waals surface area contributed by atoms with Gasteiger partial charge in [0.25, 0.3) is 0 Å². The molecule has 2 aromatic rings. The van der Waals surface area contributed by atoms with Crippen LogP contribution in [0.2, 0.25) is 0 Å².